The number of rotatable bonds is 54. The zero-order chi connectivity index (χ0) is 58.9. The van der Waals surface area contributed by atoms with Crippen LogP contribution in [0.2, 0.25) is 0 Å². The van der Waals surface area contributed by atoms with E-state index in [2.05, 4.69) is 62.5 Å². The third-order valence-corrected chi connectivity index (χ3v) is 14.8. The van der Waals surface area contributed by atoms with Gasteiger partial charge in [-0.05, 0) is 77.0 Å². The maximum Gasteiger partial charge on any atom is 0.306 e. The highest BCUT2D eigenvalue weighted by Gasteiger charge is 2.47. The standard InChI is InChI=1S/C70H119NO10/c1-4-7-10-13-16-19-22-24-26-28-29-30-31-32-33-34-36-37-39-42-45-48-51-54-57-63(74)69(78)71-61(62(73)56-53-50-47-44-41-21-18-15-12-9-6-3)60-79-70-68(67(77)66(76)64(59-72)80-70)81-65(75)58-55-52-49-46-43-40-38-35-27-25-23-20-17-14-11-8-5-2/h8,11,14,16-17,19-20,23-27,35,38,40,43,53,56,61-64,66-68,70,72-74,76-77H,4-7,9-10,12-13,15,18,21-22,28-34,36-37,39,41-42,44-52,54-55,57-60H2,1-3H3,(H,71,78)/b11-8-,17-14+,19-16-,23-20+,26-24-,27-25-,38-35+,43-40+,56-53+. The van der Waals surface area contributed by atoms with E-state index in [1.165, 1.54) is 135 Å². The number of esters is 1. The molecule has 6 N–H and O–H groups in total. The topological polar surface area (TPSA) is 175 Å². The van der Waals surface area contributed by atoms with Crippen molar-refractivity contribution < 1.29 is 49.3 Å². The van der Waals surface area contributed by atoms with Gasteiger partial charge >= 0.3 is 5.97 Å². The SMILES string of the molecule is CC\C=C/C=C/C=C/C=C\C=C\C=C\CCCCCC(=O)OC1C(OCC(NC(=O)C(O)CCCCCCCCCCCCCCCC/C=C\C/C=C\CCCCC)C(O)/C=C/CCCCCCCCCCC)OC(CO)C(O)C1O. The van der Waals surface area contributed by atoms with E-state index in [-0.39, 0.29) is 19.4 Å². The second-order valence-electron chi connectivity index (χ2n) is 22.3. The van der Waals surface area contributed by atoms with Crippen molar-refractivity contribution in [3.8, 4) is 0 Å². The summed E-state index contributed by atoms with van der Waals surface area (Å²) in [5.74, 6) is -1.24. The summed E-state index contributed by atoms with van der Waals surface area (Å²) in [6.07, 6.45) is 67.0. The molecule has 0 aromatic rings. The largest absolute Gasteiger partial charge is 0.454 e. The van der Waals surface area contributed by atoms with Crippen LogP contribution in [0.3, 0.4) is 0 Å². The van der Waals surface area contributed by atoms with Crippen molar-refractivity contribution in [1.82, 2.24) is 5.32 Å². The molecule has 0 aromatic carbocycles. The molecule has 1 saturated heterocycles. The Kier molecular flexibility index (Phi) is 52.8. The van der Waals surface area contributed by atoms with E-state index in [1.807, 2.05) is 66.8 Å². The molecule has 464 valence electrons. The molecule has 11 heteroatoms. The summed E-state index contributed by atoms with van der Waals surface area (Å²) in [7, 11) is 0. The van der Waals surface area contributed by atoms with E-state index in [9.17, 15) is 35.1 Å². The highest BCUT2D eigenvalue weighted by molar-refractivity contribution is 5.80. The molecular formula is C70H119NO10. The molecule has 0 spiro atoms. The number of ether oxygens (including phenoxy) is 3. The van der Waals surface area contributed by atoms with Gasteiger partial charge in [0.1, 0.15) is 24.4 Å². The average Bonchev–Trinajstić information content (AvgIpc) is 3.52. The maximum atomic E-state index is 13.5. The van der Waals surface area contributed by atoms with E-state index in [0.717, 1.165) is 77.0 Å². The van der Waals surface area contributed by atoms with E-state index in [1.54, 1.807) is 6.08 Å². The fourth-order valence-corrected chi connectivity index (χ4v) is 9.65. The van der Waals surface area contributed by atoms with Crippen LogP contribution in [0.25, 0.3) is 0 Å². The van der Waals surface area contributed by atoms with Crippen LogP contribution in [-0.4, -0.2) is 99.6 Å². The Morgan fingerprint density at radius 1 is 0.506 bits per heavy atom. The first-order valence-electron chi connectivity index (χ1n) is 32.7. The van der Waals surface area contributed by atoms with Crippen LogP contribution in [0.15, 0.2) is 109 Å². The van der Waals surface area contributed by atoms with Crippen LogP contribution < -0.4 is 5.32 Å². The minimum atomic E-state index is -1.64. The monoisotopic (exact) mass is 1130 g/mol. The zero-order valence-electron chi connectivity index (χ0n) is 51.4. The van der Waals surface area contributed by atoms with Crippen molar-refractivity contribution in [3.63, 3.8) is 0 Å². The smallest absolute Gasteiger partial charge is 0.306 e. The molecule has 1 aliphatic heterocycles. The van der Waals surface area contributed by atoms with Gasteiger partial charge in [0.05, 0.1) is 25.4 Å². The van der Waals surface area contributed by atoms with E-state index < -0.39 is 67.4 Å². The molecule has 8 atom stereocenters. The third kappa shape index (κ3) is 44.5. The minimum Gasteiger partial charge on any atom is -0.454 e. The summed E-state index contributed by atoms with van der Waals surface area (Å²) < 4.78 is 17.6. The minimum absolute atomic E-state index is 0.0673. The first-order chi connectivity index (χ1) is 39.7. The summed E-state index contributed by atoms with van der Waals surface area (Å²) in [6.45, 7) is 5.59. The molecule has 0 bridgehead atoms. The lowest BCUT2D eigenvalue weighted by Crippen LogP contribution is -2.61. The number of carbonyl (C=O) groups excluding carboxylic acids is 2. The van der Waals surface area contributed by atoms with Crippen LogP contribution in [0.1, 0.15) is 258 Å². The van der Waals surface area contributed by atoms with Crippen LogP contribution in [0.4, 0.5) is 0 Å². The van der Waals surface area contributed by atoms with E-state index in [0.29, 0.717) is 12.8 Å². The molecule has 1 fully saturated rings. The molecule has 1 aliphatic rings. The number of allylic oxidation sites excluding steroid dienone is 17. The van der Waals surface area contributed by atoms with Crippen LogP contribution in [-0.2, 0) is 23.8 Å². The lowest BCUT2D eigenvalue weighted by Gasteiger charge is -2.41. The summed E-state index contributed by atoms with van der Waals surface area (Å²) in [5.41, 5.74) is 0. The lowest BCUT2D eigenvalue weighted by atomic mass is 9.99. The van der Waals surface area contributed by atoms with Gasteiger partial charge in [-0.25, -0.2) is 0 Å². The van der Waals surface area contributed by atoms with Crippen molar-refractivity contribution in [3.05, 3.63) is 109 Å². The number of carbonyl (C=O) groups is 2. The first kappa shape index (κ1) is 75.3. The van der Waals surface area contributed by atoms with Crippen molar-refractivity contribution in [1.29, 1.82) is 0 Å². The van der Waals surface area contributed by atoms with Crippen molar-refractivity contribution >= 4 is 11.9 Å². The number of unbranched alkanes of at least 4 members (excludes halogenated alkanes) is 29. The molecule has 0 aliphatic carbocycles. The Hall–Kier alpha value is -3.68. The fourth-order valence-electron chi connectivity index (χ4n) is 9.65. The van der Waals surface area contributed by atoms with Gasteiger partial charge in [0.25, 0.3) is 0 Å². The van der Waals surface area contributed by atoms with Gasteiger partial charge in [-0.2, -0.15) is 0 Å². The third-order valence-electron chi connectivity index (χ3n) is 14.8. The quantitative estimate of drug-likeness (QED) is 0.0149. The maximum absolute atomic E-state index is 13.5. The van der Waals surface area contributed by atoms with Gasteiger partial charge < -0.3 is 45.1 Å². The molecule has 8 unspecified atom stereocenters. The van der Waals surface area contributed by atoms with Crippen LogP contribution in [0.5, 0.6) is 0 Å². The molecule has 11 nitrogen and oxygen atoms in total. The number of nitrogens with one attached hydrogen (secondary N) is 1. The summed E-state index contributed by atoms with van der Waals surface area (Å²) in [6, 6.07) is -1.04. The molecule has 0 radical (unpaired) electrons. The van der Waals surface area contributed by atoms with E-state index >= 15 is 0 Å². The number of hydrogen-bond donors (Lipinski definition) is 6. The molecule has 0 saturated carbocycles. The Morgan fingerprint density at radius 3 is 1.46 bits per heavy atom. The van der Waals surface area contributed by atoms with Crippen LogP contribution in [0, 0.1) is 0 Å². The first-order valence-corrected chi connectivity index (χ1v) is 32.7. The molecule has 1 amide bonds. The summed E-state index contributed by atoms with van der Waals surface area (Å²) >= 11 is 0. The molecule has 1 rings (SSSR count). The number of amides is 1. The average molecular weight is 1130 g/mol. The fraction of sp³-hybridized carbons (Fsp3) is 0.714. The number of hydrogen-bond acceptors (Lipinski definition) is 10. The molecule has 0 aromatic heterocycles. The van der Waals surface area contributed by atoms with Crippen LogP contribution >= 0.6 is 0 Å². The van der Waals surface area contributed by atoms with Crippen molar-refractivity contribution in [2.75, 3.05) is 13.2 Å². The Morgan fingerprint density at radius 2 is 0.938 bits per heavy atom. The van der Waals surface area contributed by atoms with Gasteiger partial charge in [-0.3, -0.25) is 9.59 Å². The van der Waals surface area contributed by atoms with Gasteiger partial charge in [-0.1, -0.05) is 284 Å². The molecular weight excluding hydrogens is 1010 g/mol. The highest BCUT2D eigenvalue weighted by atomic mass is 16.7. The zero-order valence-corrected chi connectivity index (χ0v) is 51.4. The lowest BCUT2D eigenvalue weighted by molar-refractivity contribution is -0.305. The van der Waals surface area contributed by atoms with Crippen molar-refractivity contribution in [2.24, 2.45) is 0 Å². The van der Waals surface area contributed by atoms with Gasteiger partial charge in [0.2, 0.25) is 5.91 Å². The normalized spacial score (nSPS) is 19.4. The van der Waals surface area contributed by atoms with Gasteiger partial charge in [0, 0.05) is 6.42 Å². The summed E-state index contributed by atoms with van der Waals surface area (Å²) in [5, 5.41) is 57.0. The predicted molar refractivity (Wildman–Crippen MR) is 338 cm³/mol. The highest BCUT2D eigenvalue weighted by Crippen LogP contribution is 2.26. The second-order valence-corrected chi connectivity index (χ2v) is 22.3. The number of aliphatic hydroxyl groups excluding tert-OH is 5. The molecule has 1 heterocycles. The van der Waals surface area contributed by atoms with E-state index in [4.69, 9.17) is 14.2 Å². The number of aliphatic hydroxyl groups is 5. The Bertz CT molecular complexity index is 1730. The van der Waals surface area contributed by atoms with Gasteiger partial charge in [0.15, 0.2) is 12.4 Å². The Labute approximate surface area is 494 Å². The Balaban J connectivity index is 2.62. The van der Waals surface area contributed by atoms with Crippen molar-refractivity contribution in [2.45, 2.75) is 307 Å². The second kappa shape index (κ2) is 56.8. The molecule has 81 heavy (non-hydrogen) atoms. The van der Waals surface area contributed by atoms with Gasteiger partial charge in [-0.15, -0.1) is 0 Å². The summed E-state index contributed by atoms with van der Waals surface area (Å²) in [4.78, 5) is 26.6. The predicted octanol–water partition coefficient (Wildman–Crippen LogP) is 16.1.